The fourth-order valence-corrected chi connectivity index (χ4v) is 1.49. The number of rotatable bonds is 7. The van der Waals surface area contributed by atoms with Crippen molar-refractivity contribution in [1.29, 1.82) is 0 Å². The molecule has 0 aromatic heterocycles. The molecule has 5 N–H and O–H groups in total. The molecule has 0 bridgehead atoms. The van der Waals surface area contributed by atoms with Crippen LogP contribution < -0.4 is 16.4 Å². The lowest BCUT2D eigenvalue weighted by Gasteiger charge is -2.21. The first-order valence-corrected chi connectivity index (χ1v) is 5.87. The standard InChI is InChI=1S/C11H21N3O4/c1-4-7(10(16)17)13-9(15)8(5-6(2)3)14-11(12)18/h6-8H,4-5H2,1-3H3,(H,13,15)(H,16,17)(H3,12,14,18). The van der Waals surface area contributed by atoms with Gasteiger partial charge in [0.1, 0.15) is 12.1 Å². The maximum atomic E-state index is 11.8. The minimum Gasteiger partial charge on any atom is -0.480 e. The third kappa shape index (κ3) is 6.07. The zero-order valence-corrected chi connectivity index (χ0v) is 10.9. The summed E-state index contributed by atoms with van der Waals surface area (Å²) in [6, 6.07) is -2.57. The number of hydrogen-bond donors (Lipinski definition) is 4. The summed E-state index contributed by atoms with van der Waals surface area (Å²) in [6.45, 7) is 5.42. The first-order valence-electron chi connectivity index (χ1n) is 5.87. The Morgan fingerprint density at radius 3 is 2.06 bits per heavy atom. The van der Waals surface area contributed by atoms with Gasteiger partial charge in [0.15, 0.2) is 0 Å². The Labute approximate surface area is 106 Å². The van der Waals surface area contributed by atoms with Crippen LogP contribution in [0, 0.1) is 5.92 Å². The van der Waals surface area contributed by atoms with Gasteiger partial charge in [0, 0.05) is 0 Å². The third-order valence-corrected chi connectivity index (χ3v) is 2.36. The lowest BCUT2D eigenvalue weighted by Crippen LogP contribution is -2.52. The zero-order valence-electron chi connectivity index (χ0n) is 10.9. The van der Waals surface area contributed by atoms with Crippen LogP contribution in [-0.2, 0) is 9.59 Å². The van der Waals surface area contributed by atoms with Crippen molar-refractivity contribution in [2.45, 2.75) is 45.7 Å². The molecule has 0 aliphatic carbocycles. The second kappa shape index (κ2) is 7.52. The molecule has 2 unspecified atom stereocenters. The SMILES string of the molecule is CCC(NC(=O)C(CC(C)C)NC(N)=O)C(=O)O. The van der Waals surface area contributed by atoms with Crippen LogP contribution >= 0.6 is 0 Å². The van der Waals surface area contributed by atoms with Crippen molar-refractivity contribution < 1.29 is 19.5 Å². The minimum absolute atomic E-state index is 0.164. The molecule has 7 nitrogen and oxygen atoms in total. The molecular formula is C11H21N3O4. The van der Waals surface area contributed by atoms with Gasteiger partial charge < -0.3 is 21.5 Å². The number of carboxylic acids is 1. The topological polar surface area (TPSA) is 122 Å². The van der Waals surface area contributed by atoms with Crippen LogP contribution in [0.25, 0.3) is 0 Å². The van der Waals surface area contributed by atoms with Gasteiger partial charge in [-0.15, -0.1) is 0 Å². The molecule has 0 aromatic rings. The quantitative estimate of drug-likeness (QED) is 0.516. The van der Waals surface area contributed by atoms with Crippen LogP contribution in [0.2, 0.25) is 0 Å². The second-order valence-electron chi connectivity index (χ2n) is 4.50. The van der Waals surface area contributed by atoms with E-state index in [1.165, 1.54) is 0 Å². The molecule has 0 spiro atoms. The maximum absolute atomic E-state index is 11.8. The van der Waals surface area contributed by atoms with E-state index < -0.39 is 30.0 Å². The summed E-state index contributed by atoms with van der Waals surface area (Å²) in [5.41, 5.74) is 4.98. The molecule has 0 rings (SSSR count). The van der Waals surface area contributed by atoms with Crippen LogP contribution in [0.4, 0.5) is 4.79 Å². The predicted molar refractivity (Wildman–Crippen MR) is 65.8 cm³/mol. The Balaban J connectivity index is 4.63. The largest absolute Gasteiger partial charge is 0.480 e. The number of nitrogens with two attached hydrogens (primary N) is 1. The molecule has 0 saturated heterocycles. The molecule has 7 heteroatoms. The fraction of sp³-hybridized carbons (Fsp3) is 0.727. The summed E-state index contributed by atoms with van der Waals surface area (Å²) in [4.78, 5) is 33.4. The van der Waals surface area contributed by atoms with E-state index >= 15 is 0 Å². The summed E-state index contributed by atoms with van der Waals surface area (Å²) in [7, 11) is 0. The van der Waals surface area contributed by atoms with Gasteiger partial charge in [-0.25, -0.2) is 9.59 Å². The first-order chi connectivity index (χ1) is 8.27. The van der Waals surface area contributed by atoms with Gasteiger partial charge in [-0.3, -0.25) is 4.79 Å². The smallest absolute Gasteiger partial charge is 0.326 e. The van der Waals surface area contributed by atoms with Crippen molar-refractivity contribution in [3.63, 3.8) is 0 Å². The van der Waals surface area contributed by atoms with Crippen molar-refractivity contribution in [3.8, 4) is 0 Å². The molecule has 0 heterocycles. The first kappa shape index (κ1) is 16.2. The molecule has 0 saturated carbocycles. The Bertz CT molecular complexity index is 317. The number of aliphatic carboxylic acids is 1. The Kier molecular flexibility index (Phi) is 6.77. The summed E-state index contributed by atoms with van der Waals surface area (Å²) >= 11 is 0. The molecule has 0 aliphatic rings. The van der Waals surface area contributed by atoms with E-state index in [-0.39, 0.29) is 12.3 Å². The van der Waals surface area contributed by atoms with E-state index in [0.717, 1.165) is 0 Å². The molecule has 0 aliphatic heterocycles. The highest BCUT2D eigenvalue weighted by Crippen LogP contribution is 2.05. The Morgan fingerprint density at radius 1 is 1.17 bits per heavy atom. The Hall–Kier alpha value is -1.79. The van der Waals surface area contributed by atoms with Crippen molar-refractivity contribution in [1.82, 2.24) is 10.6 Å². The summed E-state index contributed by atoms with van der Waals surface area (Å²) < 4.78 is 0. The minimum atomic E-state index is -1.10. The molecule has 104 valence electrons. The van der Waals surface area contributed by atoms with Crippen molar-refractivity contribution >= 4 is 17.9 Å². The van der Waals surface area contributed by atoms with E-state index in [1.54, 1.807) is 6.92 Å². The predicted octanol–water partition coefficient (Wildman–Crippen LogP) is 0.0488. The molecule has 0 radical (unpaired) electrons. The normalized spacial score (nSPS) is 13.8. The molecule has 3 amide bonds. The van der Waals surface area contributed by atoms with Crippen molar-refractivity contribution in [2.24, 2.45) is 11.7 Å². The fourth-order valence-electron chi connectivity index (χ4n) is 1.49. The lowest BCUT2D eigenvalue weighted by molar-refractivity contribution is -0.142. The van der Waals surface area contributed by atoms with Gasteiger partial charge in [0.2, 0.25) is 5.91 Å². The molecule has 2 atom stereocenters. The number of urea groups is 1. The number of carboxylic acid groups (broad SMARTS) is 1. The van der Waals surface area contributed by atoms with Gasteiger partial charge in [-0.05, 0) is 18.8 Å². The molecular weight excluding hydrogens is 238 g/mol. The number of carbonyl (C=O) groups excluding carboxylic acids is 2. The average molecular weight is 259 g/mol. The van der Waals surface area contributed by atoms with E-state index in [1.807, 2.05) is 13.8 Å². The van der Waals surface area contributed by atoms with Gasteiger partial charge in [-0.1, -0.05) is 20.8 Å². The van der Waals surface area contributed by atoms with Crippen molar-refractivity contribution in [3.05, 3.63) is 0 Å². The van der Waals surface area contributed by atoms with Gasteiger partial charge >= 0.3 is 12.0 Å². The van der Waals surface area contributed by atoms with E-state index in [2.05, 4.69) is 10.6 Å². The number of carbonyl (C=O) groups is 3. The summed E-state index contributed by atoms with van der Waals surface area (Å²) in [5, 5.41) is 13.5. The number of amides is 3. The zero-order chi connectivity index (χ0) is 14.3. The monoisotopic (exact) mass is 259 g/mol. The lowest BCUT2D eigenvalue weighted by atomic mass is 10.0. The van der Waals surface area contributed by atoms with Gasteiger partial charge in [-0.2, -0.15) is 0 Å². The van der Waals surface area contributed by atoms with E-state index in [9.17, 15) is 14.4 Å². The van der Waals surface area contributed by atoms with Crippen LogP contribution in [0.1, 0.15) is 33.6 Å². The Morgan fingerprint density at radius 2 is 1.72 bits per heavy atom. The molecule has 0 fully saturated rings. The highest BCUT2D eigenvalue weighted by atomic mass is 16.4. The highest BCUT2D eigenvalue weighted by molar-refractivity contribution is 5.89. The van der Waals surface area contributed by atoms with Crippen LogP contribution in [0.3, 0.4) is 0 Å². The van der Waals surface area contributed by atoms with Gasteiger partial charge in [0.25, 0.3) is 0 Å². The highest BCUT2D eigenvalue weighted by Gasteiger charge is 2.25. The second-order valence-corrected chi connectivity index (χ2v) is 4.50. The maximum Gasteiger partial charge on any atom is 0.326 e. The molecule has 18 heavy (non-hydrogen) atoms. The van der Waals surface area contributed by atoms with E-state index in [4.69, 9.17) is 10.8 Å². The summed E-state index contributed by atoms with van der Waals surface area (Å²) in [6.07, 6.45) is 0.664. The number of hydrogen-bond acceptors (Lipinski definition) is 3. The number of nitrogens with one attached hydrogen (secondary N) is 2. The van der Waals surface area contributed by atoms with Crippen LogP contribution in [0.5, 0.6) is 0 Å². The van der Waals surface area contributed by atoms with Crippen LogP contribution in [-0.4, -0.2) is 35.1 Å². The van der Waals surface area contributed by atoms with Crippen molar-refractivity contribution in [2.75, 3.05) is 0 Å². The van der Waals surface area contributed by atoms with E-state index in [0.29, 0.717) is 6.42 Å². The average Bonchev–Trinajstić information content (AvgIpc) is 2.22. The number of primary amides is 1. The summed E-state index contributed by atoms with van der Waals surface area (Å²) in [5.74, 6) is -1.47. The van der Waals surface area contributed by atoms with Gasteiger partial charge in [0.05, 0.1) is 0 Å². The third-order valence-electron chi connectivity index (χ3n) is 2.36. The van der Waals surface area contributed by atoms with Crippen LogP contribution in [0.15, 0.2) is 0 Å². The molecule has 0 aromatic carbocycles.